The van der Waals surface area contributed by atoms with Crippen molar-refractivity contribution >= 4 is 169 Å². The Hall–Kier alpha value is -14.6. The number of anilines is 9. The smallest absolute Gasteiger partial charge is 0.137 e. The Labute approximate surface area is 771 Å². The van der Waals surface area contributed by atoms with Gasteiger partial charge in [0.2, 0.25) is 0 Å². The predicted molar refractivity (Wildman–Crippen MR) is 563 cm³/mol. The van der Waals surface area contributed by atoms with Crippen molar-refractivity contribution in [2.75, 3.05) is 14.7 Å². The number of rotatable bonds is 9. The maximum atomic E-state index is 6.35. The molecule has 2 aromatic heterocycles. The van der Waals surface area contributed by atoms with Gasteiger partial charge in [-0.1, -0.05) is 344 Å². The number of thiophene rings is 1. The van der Waals surface area contributed by atoms with Crippen LogP contribution < -0.4 is 14.7 Å². The van der Waals surface area contributed by atoms with Crippen molar-refractivity contribution in [3.8, 4) is 33.4 Å². The lowest BCUT2D eigenvalue weighted by Crippen LogP contribution is -2.43. The van der Waals surface area contributed by atoms with Gasteiger partial charge in [0, 0.05) is 93.6 Å². The van der Waals surface area contributed by atoms with Gasteiger partial charge in [-0.05, 0) is 298 Å². The van der Waals surface area contributed by atoms with E-state index in [1.807, 2.05) is 23.5 Å². The molecule has 22 aromatic rings. The Morgan fingerprint density at radius 2 is 0.557 bits per heavy atom. The standard InChI is InChI=1S/C44H35NO.C44H35NS.C38H33N/c1-43(2)38-25-24-33-32-15-9-8-12-28(32)18-21-36(33)42(38)37-23-20-30(26-39(37)44(43,3)4)45(29-13-6-5-7-14-29)31-19-22-35-34-16-10-11-17-40(34)46-41(35)27-31;1-43(2)38-27-32(45(30-13-6-5-7-14-30)31-22-25-40-37(26-31)35-16-10-11-17-39(35)46-40)21-24-34(38)36-23-20-29-19-18-28-12-8-9-15-33(28)41(29)42(36)44(43,3)4;1-37(2)35-23-27-20-19-26-13-11-12-18-31(26)33(27)25-34(35)32-22-21-30(24-36(32)38(37,3)4)39(28-14-7-5-8-15-28)29-16-9-6-10-17-29/h2*5-27H,1-4H3;5-25H,1-4H3. The maximum Gasteiger partial charge on any atom is 0.137 e. The van der Waals surface area contributed by atoms with Crippen LogP contribution >= 0.6 is 11.3 Å². The normalized spacial score (nSPS) is 14.9. The third-order valence-electron chi connectivity index (χ3n) is 31.3. The molecule has 0 fully saturated rings. The molecule has 131 heavy (non-hydrogen) atoms. The maximum absolute atomic E-state index is 6.35. The first kappa shape index (κ1) is 80.9. The van der Waals surface area contributed by atoms with Gasteiger partial charge in [-0.2, -0.15) is 0 Å². The molecule has 3 aliphatic rings. The van der Waals surface area contributed by atoms with E-state index in [1.165, 1.54) is 169 Å². The number of hydrogen-bond acceptors (Lipinski definition) is 5. The van der Waals surface area contributed by atoms with E-state index < -0.39 is 0 Å². The van der Waals surface area contributed by atoms with Crippen molar-refractivity contribution in [2.45, 2.75) is 116 Å². The van der Waals surface area contributed by atoms with Gasteiger partial charge >= 0.3 is 0 Å². The first-order valence-corrected chi connectivity index (χ1v) is 47.1. The van der Waals surface area contributed by atoms with Crippen LogP contribution in [0.1, 0.15) is 116 Å². The van der Waals surface area contributed by atoms with Crippen LogP contribution in [0.25, 0.3) is 140 Å². The van der Waals surface area contributed by atoms with Crippen LogP contribution in [0.15, 0.2) is 411 Å². The van der Waals surface area contributed by atoms with E-state index in [2.05, 4.69) is 492 Å². The highest BCUT2D eigenvalue weighted by atomic mass is 32.1. The molecule has 0 aliphatic heterocycles. The molecule has 5 heteroatoms. The lowest BCUT2D eigenvalue weighted by molar-refractivity contribution is 0.299. The predicted octanol–water partition coefficient (Wildman–Crippen LogP) is 36.4. The molecule has 0 spiro atoms. The van der Waals surface area contributed by atoms with E-state index in [1.54, 1.807) is 0 Å². The van der Waals surface area contributed by atoms with Gasteiger partial charge in [0.1, 0.15) is 11.2 Å². The van der Waals surface area contributed by atoms with Crippen molar-refractivity contribution in [1.82, 2.24) is 0 Å². The topological polar surface area (TPSA) is 22.9 Å². The van der Waals surface area contributed by atoms with E-state index in [4.69, 9.17) is 4.42 Å². The lowest BCUT2D eigenvalue weighted by atomic mass is 9.54. The zero-order chi connectivity index (χ0) is 89.2. The SMILES string of the molecule is CC1(C)c2cc(N(c3ccccc3)c3ccc4c(c3)oc3ccccc34)ccc2-c2c(ccc3c2ccc2ccccc23)C1(C)C.CC1(C)c2cc(N(c3ccccc3)c3ccc4sc5ccccc5c4c3)ccc2-c2ccc3ccc4ccccc4c3c2C1(C)C.CC1(C)c2cc(N(c3ccccc3)c3ccccc3)ccc2-c2cc3c(ccc4ccccc43)cc2C1(C)C. The molecular weight excluding hydrogens is 1600 g/mol. The summed E-state index contributed by atoms with van der Waals surface area (Å²) < 4.78 is 9.00. The molecule has 2 heterocycles. The zero-order valence-corrected chi connectivity index (χ0v) is 77.2. The quantitative estimate of drug-likeness (QED) is 0.134. The van der Waals surface area contributed by atoms with Crippen LogP contribution in [-0.4, -0.2) is 0 Å². The highest BCUT2D eigenvalue weighted by Gasteiger charge is 2.50. The fourth-order valence-electron chi connectivity index (χ4n) is 22.3. The number of benzene rings is 20. The average molecular weight is 1710 g/mol. The van der Waals surface area contributed by atoms with Crippen molar-refractivity contribution in [2.24, 2.45) is 0 Å². The second kappa shape index (κ2) is 30.5. The van der Waals surface area contributed by atoms with E-state index in [0.717, 1.165) is 56.1 Å². The molecular formula is C126H103N3OS. The van der Waals surface area contributed by atoms with Gasteiger partial charge in [0.25, 0.3) is 0 Å². The van der Waals surface area contributed by atoms with E-state index in [0.29, 0.717) is 0 Å². The fraction of sp³-hybridized carbons (Fsp3) is 0.143. The number of furan rings is 1. The molecule has 0 bridgehead atoms. The van der Waals surface area contributed by atoms with E-state index in [9.17, 15) is 0 Å². The van der Waals surface area contributed by atoms with E-state index >= 15 is 0 Å². The van der Waals surface area contributed by atoms with Gasteiger partial charge in [-0.3, -0.25) is 0 Å². The fourth-order valence-corrected chi connectivity index (χ4v) is 23.4. The molecule has 0 atom stereocenters. The summed E-state index contributed by atoms with van der Waals surface area (Å²) in [6, 6.07) is 149. The summed E-state index contributed by atoms with van der Waals surface area (Å²) in [6.45, 7) is 29.1. The Bertz CT molecular complexity index is 8320. The number of hydrogen-bond donors (Lipinski definition) is 0. The molecule has 0 saturated carbocycles. The highest BCUT2D eigenvalue weighted by Crippen LogP contribution is 2.62. The summed E-state index contributed by atoms with van der Waals surface area (Å²) in [4.78, 5) is 7.16. The van der Waals surface area contributed by atoms with Gasteiger partial charge in [0.05, 0.1) is 0 Å². The number of para-hydroxylation sites is 5. The van der Waals surface area contributed by atoms with Gasteiger partial charge in [-0.25, -0.2) is 0 Å². The van der Waals surface area contributed by atoms with Crippen molar-refractivity contribution in [1.29, 1.82) is 0 Å². The average Bonchev–Trinajstić information content (AvgIpc) is 1.67. The van der Waals surface area contributed by atoms with Crippen LogP contribution in [0, 0.1) is 0 Å². The molecule has 0 N–H and O–H groups in total. The van der Waals surface area contributed by atoms with Crippen LogP contribution in [0.4, 0.5) is 51.2 Å². The van der Waals surface area contributed by atoms with Crippen LogP contribution in [0.2, 0.25) is 0 Å². The minimum absolute atomic E-state index is 0.0574. The third-order valence-corrected chi connectivity index (χ3v) is 32.5. The summed E-state index contributed by atoms with van der Waals surface area (Å²) in [7, 11) is 0. The Morgan fingerprint density at radius 1 is 0.191 bits per heavy atom. The largest absolute Gasteiger partial charge is 0.456 e. The molecule has 4 nitrogen and oxygen atoms in total. The molecule has 0 unspecified atom stereocenters. The summed E-state index contributed by atoms with van der Waals surface area (Å²) in [5.74, 6) is 0. The summed E-state index contributed by atoms with van der Waals surface area (Å²) in [5, 5.41) is 20.7. The lowest BCUT2D eigenvalue weighted by Gasteiger charge is -2.49. The Kier molecular flexibility index (Phi) is 18.9. The third kappa shape index (κ3) is 12.7. The van der Waals surface area contributed by atoms with Crippen molar-refractivity contribution in [3.05, 3.63) is 440 Å². The van der Waals surface area contributed by atoms with E-state index in [-0.39, 0.29) is 32.5 Å². The highest BCUT2D eigenvalue weighted by molar-refractivity contribution is 7.25. The van der Waals surface area contributed by atoms with Crippen LogP contribution in [0.3, 0.4) is 0 Å². The first-order chi connectivity index (χ1) is 63.5. The molecule has 0 radical (unpaired) electrons. The Morgan fingerprint density at radius 3 is 1.15 bits per heavy atom. The summed E-state index contributed by atoms with van der Waals surface area (Å²) in [6.07, 6.45) is 0. The minimum atomic E-state index is -0.132. The zero-order valence-electron chi connectivity index (χ0n) is 76.3. The number of fused-ring (bicyclic) bond motifs is 26. The van der Waals surface area contributed by atoms with Crippen molar-refractivity contribution in [3.63, 3.8) is 0 Å². The molecule has 20 aromatic carbocycles. The van der Waals surface area contributed by atoms with Crippen molar-refractivity contribution < 1.29 is 4.42 Å². The first-order valence-electron chi connectivity index (χ1n) is 46.3. The molecule has 3 aliphatic carbocycles. The second-order valence-electron chi connectivity index (χ2n) is 39.5. The monoisotopic (exact) mass is 1710 g/mol. The molecule has 0 saturated heterocycles. The second-order valence-corrected chi connectivity index (χ2v) is 40.6. The molecule has 0 amide bonds. The minimum Gasteiger partial charge on any atom is -0.456 e. The van der Waals surface area contributed by atoms with Crippen LogP contribution in [-0.2, 0) is 32.5 Å². The van der Waals surface area contributed by atoms with Gasteiger partial charge < -0.3 is 19.1 Å². The molecule has 634 valence electrons. The van der Waals surface area contributed by atoms with Gasteiger partial charge in [-0.15, -0.1) is 11.3 Å². The Balaban J connectivity index is 0.000000112. The van der Waals surface area contributed by atoms with Gasteiger partial charge in [0.15, 0.2) is 0 Å². The number of nitrogens with zero attached hydrogens (tertiary/aromatic N) is 3. The summed E-state index contributed by atoms with van der Waals surface area (Å²) >= 11 is 1.87. The van der Waals surface area contributed by atoms with Crippen LogP contribution in [0.5, 0.6) is 0 Å². The molecule has 25 rings (SSSR count). The summed E-state index contributed by atoms with van der Waals surface area (Å²) in [5.41, 5.74) is 28.1.